The SMILES string of the molecule is CCOC1CC(C(C)(C)C)(C(C)(C)C)C1. The molecule has 0 aromatic rings. The van der Waals surface area contributed by atoms with Gasteiger partial charge in [0.15, 0.2) is 0 Å². The highest BCUT2D eigenvalue weighted by molar-refractivity contribution is 5.07. The molecule has 0 heterocycles. The summed E-state index contributed by atoms with van der Waals surface area (Å²) in [5.74, 6) is 0. The Balaban J connectivity index is 2.78. The third-order valence-corrected chi connectivity index (χ3v) is 4.43. The minimum absolute atomic E-state index is 0.374. The largest absolute Gasteiger partial charge is 0.378 e. The maximum atomic E-state index is 5.72. The highest BCUT2D eigenvalue weighted by Crippen LogP contribution is 2.63. The van der Waals surface area contributed by atoms with Crippen molar-refractivity contribution in [2.45, 2.75) is 67.4 Å². The van der Waals surface area contributed by atoms with Gasteiger partial charge in [-0.15, -0.1) is 0 Å². The molecule has 1 aliphatic carbocycles. The van der Waals surface area contributed by atoms with E-state index in [4.69, 9.17) is 4.74 Å². The predicted octanol–water partition coefficient (Wildman–Crippen LogP) is 4.26. The first-order chi connectivity index (χ1) is 6.64. The summed E-state index contributed by atoms with van der Waals surface area (Å²) in [4.78, 5) is 0. The van der Waals surface area contributed by atoms with Crippen LogP contribution in [0.5, 0.6) is 0 Å². The molecule has 0 aliphatic heterocycles. The predicted molar refractivity (Wildman–Crippen MR) is 66.0 cm³/mol. The van der Waals surface area contributed by atoms with E-state index in [-0.39, 0.29) is 0 Å². The minimum atomic E-state index is 0.374. The van der Waals surface area contributed by atoms with Crippen LogP contribution in [0.4, 0.5) is 0 Å². The van der Waals surface area contributed by atoms with E-state index in [1.807, 2.05) is 0 Å². The molecule has 0 bridgehead atoms. The second kappa shape index (κ2) is 3.76. The van der Waals surface area contributed by atoms with Gasteiger partial charge < -0.3 is 4.74 Å². The van der Waals surface area contributed by atoms with Crippen molar-refractivity contribution in [3.05, 3.63) is 0 Å². The molecule has 1 nitrogen and oxygen atoms in total. The quantitative estimate of drug-likeness (QED) is 0.664. The average molecular weight is 212 g/mol. The fourth-order valence-electron chi connectivity index (χ4n) is 3.42. The second-order valence-corrected chi connectivity index (χ2v) is 7.07. The lowest BCUT2D eigenvalue weighted by molar-refractivity contribution is -0.182. The highest BCUT2D eigenvalue weighted by Gasteiger charge is 2.58. The first-order valence-corrected chi connectivity index (χ1v) is 6.26. The summed E-state index contributed by atoms with van der Waals surface area (Å²) < 4.78 is 5.72. The van der Waals surface area contributed by atoms with Crippen molar-refractivity contribution in [1.82, 2.24) is 0 Å². The van der Waals surface area contributed by atoms with E-state index in [0.29, 0.717) is 22.3 Å². The molecule has 1 fully saturated rings. The van der Waals surface area contributed by atoms with Crippen LogP contribution in [0.3, 0.4) is 0 Å². The van der Waals surface area contributed by atoms with Crippen LogP contribution in [0.25, 0.3) is 0 Å². The van der Waals surface area contributed by atoms with Crippen LogP contribution >= 0.6 is 0 Å². The van der Waals surface area contributed by atoms with Crippen molar-refractivity contribution in [1.29, 1.82) is 0 Å². The maximum absolute atomic E-state index is 5.72. The Kier molecular flexibility index (Phi) is 3.27. The lowest BCUT2D eigenvalue weighted by Gasteiger charge is -2.62. The van der Waals surface area contributed by atoms with Gasteiger partial charge in [0.05, 0.1) is 6.10 Å². The van der Waals surface area contributed by atoms with Gasteiger partial charge in [-0.25, -0.2) is 0 Å². The standard InChI is InChI=1S/C14H28O/c1-8-15-11-9-14(10-11,12(2,3)4)13(5,6)7/h11H,8-10H2,1-7H3. The van der Waals surface area contributed by atoms with Crippen LogP contribution in [-0.4, -0.2) is 12.7 Å². The first kappa shape index (κ1) is 13.0. The van der Waals surface area contributed by atoms with Crippen molar-refractivity contribution >= 4 is 0 Å². The average Bonchev–Trinajstić information content (AvgIpc) is 1.89. The smallest absolute Gasteiger partial charge is 0.0586 e. The van der Waals surface area contributed by atoms with Gasteiger partial charge >= 0.3 is 0 Å². The van der Waals surface area contributed by atoms with E-state index in [1.165, 1.54) is 12.8 Å². The molecule has 1 heteroatoms. The molecular formula is C14H28O. The van der Waals surface area contributed by atoms with E-state index in [2.05, 4.69) is 48.5 Å². The van der Waals surface area contributed by atoms with Crippen molar-refractivity contribution in [2.75, 3.05) is 6.61 Å². The monoisotopic (exact) mass is 212 g/mol. The summed E-state index contributed by atoms with van der Waals surface area (Å²) in [6.45, 7) is 17.2. The fraction of sp³-hybridized carbons (Fsp3) is 1.00. The van der Waals surface area contributed by atoms with Crippen LogP contribution in [0.15, 0.2) is 0 Å². The minimum Gasteiger partial charge on any atom is -0.378 e. The molecular weight excluding hydrogens is 184 g/mol. The highest BCUT2D eigenvalue weighted by atomic mass is 16.5. The molecule has 0 aromatic heterocycles. The van der Waals surface area contributed by atoms with Crippen molar-refractivity contribution in [2.24, 2.45) is 16.2 Å². The Labute approximate surface area is 95.6 Å². The second-order valence-electron chi connectivity index (χ2n) is 7.07. The van der Waals surface area contributed by atoms with E-state index < -0.39 is 0 Å². The summed E-state index contributed by atoms with van der Waals surface area (Å²) in [7, 11) is 0. The molecule has 0 amide bonds. The molecule has 1 saturated carbocycles. The van der Waals surface area contributed by atoms with E-state index in [1.54, 1.807) is 0 Å². The third-order valence-electron chi connectivity index (χ3n) is 4.43. The summed E-state index contributed by atoms with van der Waals surface area (Å²) >= 11 is 0. The zero-order chi connectivity index (χ0) is 11.9. The Morgan fingerprint density at radius 3 is 1.67 bits per heavy atom. The van der Waals surface area contributed by atoms with Crippen LogP contribution in [0, 0.1) is 16.2 Å². The van der Waals surface area contributed by atoms with Gasteiger partial charge in [0.2, 0.25) is 0 Å². The third kappa shape index (κ3) is 2.08. The molecule has 90 valence electrons. The summed E-state index contributed by atoms with van der Waals surface area (Å²) in [6, 6.07) is 0. The lowest BCUT2D eigenvalue weighted by Crippen LogP contribution is -2.57. The van der Waals surface area contributed by atoms with Gasteiger partial charge in [-0.2, -0.15) is 0 Å². The van der Waals surface area contributed by atoms with Gasteiger partial charge in [0.1, 0.15) is 0 Å². The van der Waals surface area contributed by atoms with Crippen molar-refractivity contribution in [3.63, 3.8) is 0 Å². The van der Waals surface area contributed by atoms with E-state index in [9.17, 15) is 0 Å². The molecule has 0 unspecified atom stereocenters. The lowest BCUT2D eigenvalue weighted by atomic mass is 9.44. The zero-order valence-corrected chi connectivity index (χ0v) is 11.6. The van der Waals surface area contributed by atoms with Crippen LogP contribution in [-0.2, 0) is 4.74 Å². The van der Waals surface area contributed by atoms with Gasteiger partial charge in [-0.05, 0) is 36.0 Å². The zero-order valence-electron chi connectivity index (χ0n) is 11.6. The van der Waals surface area contributed by atoms with Gasteiger partial charge in [-0.1, -0.05) is 41.5 Å². The molecule has 0 aromatic carbocycles. The van der Waals surface area contributed by atoms with Crippen LogP contribution in [0.2, 0.25) is 0 Å². The Bertz CT molecular complexity index is 194. The summed E-state index contributed by atoms with van der Waals surface area (Å²) in [5.41, 5.74) is 1.19. The van der Waals surface area contributed by atoms with Gasteiger partial charge in [0.25, 0.3) is 0 Å². The van der Waals surface area contributed by atoms with Crippen molar-refractivity contribution in [3.8, 4) is 0 Å². The Morgan fingerprint density at radius 1 is 1.00 bits per heavy atom. The van der Waals surface area contributed by atoms with Crippen molar-refractivity contribution < 1.29 is 4.74 Å². The van der Waals surface area contributed by atoms with Gasteiger partial charge in [-0.3, -0.25) is 0 Å². The van der Waals surface area contributed by atoms with E-state index >= 15 is 0 Å². The molecule has 15 heavy (non-hydrogen) atoms. The number of hydrogen-bond donors (Lipinski definition) is 0. The van der Waals surface area contributed by atoms with E-state index in [0.717, 1.165) is 6.61 Å². The van der Waals surface area contributed by atoms with Gasteiger partial charge in [0, 0.05) is 6.61 Å². The molecule has 0 N–H and O–H groups in total. The summed E-state index contributed by atoms with van der Waals surface area (Å²) in [6.07, 6.45) is 2.97. The summed E-state index contributed by atoms with van der Waals surface area (Å²) in [5, 5.41) is 0. The Morgan fingerprint density at radius 2 is 1.40 bits per heavy atom. The Hall–Kier alpha value is -0.0400. The molecule has 0 radical (unpaired) electrons. The maximum Gasteiger partial charge on any atom is 0.0586 e. The number of hydrogen-bond acceptors (Lipinski definition) is 1. The molecule has 0 spiro atoms. The fourth-order valence-corrected chi connectivity index (χ4v) is 3.42. The number of ether oxygens (including phenoxy) is 1. The normalized spacial score (nSPS) is 22.6. The van der Waals surface area contributed by atoms with Crippen LogP contribution < -0.4 is 0 Å². The molecule has 0 atom stereocenters. The molecule has 0 saturated heterocycles. The number of rotatable bonds is 2. The first-order valence-electron chi connectivity index (χ1n) is 6.26. The molecule has 1 rings (SSSR count). The molecule has 1 aliphatic rings. The topological polar surface area (TPSA) is 9.23 Å². The van der Waals surface area contributed by atoms with Crippen LogP contribution in [0.1, 0.15) is 61.3 Å².